The number of hydrogen-bond donors (Lipinski definition) is 1. The van der Waals surface area contributed by atoms with Crippen LogP contribution in [-0.4, -0.2) is 37.0 Å². The number of rotatable bonds is 2. The third-order valence-electron chi connectivity index (χ3n) is 2.94. The second-order valence-electron chi connectivity index (χ2n) is 3.98. The summed E-state index contributed by atoms with van der Waals surface area (Å²) in [5, 5.41) is 3.15. The number of carbonyl (C=O) groups is 1. The number of nitrogens with one attached hydrogen (secondary N) is 1. The van der Waals surface area contributed by atoms with Gasteiger partial charge in [-0.25, -0.2) is 0 Å². The van der Waals surface area contributed by atoms with Crippen LogP contribution in [0.15, 0.2) is 11.1 Å². The Balaban J connectivity index is 2.02. The van der Waals surface area contributed by atoms with Gasteiger partial charge in [0.15, 0.2) is 0 Å². The lowest BCUT2D eigenvalue weighted by Crippen LogP contribution is -2.38. The molecular weight excluding hydrogens is 164 g/mol. The first-order chi connectivity index (χ1) is 6.20. The van der Waals surface area contributed by atoms with E-state index in [4.69, 9.17) is 0 Å². The van der Waals surface area contributed by atoms with Crippen molar-refractivity contribution in [3.63, 3.8) is 0 Å². The number of amides is 1. The lowest BCUT2D eigenvalue weighted by Gasteiger charge is -2.24. The molecule has 1 amide bonds. The highest BCUT2D eigenvalue weighted by Gasteiger charge is 2.31. The van der Waals surface area contributed by atoms with E-state index in [0.29, 0.717) is 6.04 Å². The molecule has 0 aromatic heterocycles. The molecule has 1 saturated heterocycles. The van der Waals surface area contributed by atoms with Crippen molar-refractivity contribution in [3.05, 3.63) is 11.1 Å². The molecule has 1 saturated carbocycles. The summed E-state index contributed by atoms with van der Waals surface area (Å²) >= 11 is 0. The molecule has 0 unspecified atom stereocenters. The third kappa shape index (κ3) is 1.61. The van der Waals surface area contributed by atoms with Crippen LogP contribution in [0, 0.1) is 0 Å². The minimum absolute atomic E-state index is 0.221. The van der Waals surface area contributed by atoms with Gasteiger partial charge in [0.05, 0.1) is 0 Å². The standard InChI is InChI=1S/C10H16N2O/c1-7(8-5-11-6-8)10(13)12(2)9-3-4-9/h9,11H,3-6H2,1-2H3. The quantitative estimate of drug-likeness (QED) is 0.629. The Morgan fingerprint density at radius 1 is 1.46 bits per heavy atom. The van der Waals surface area contributed by atoms with Crippen LogP contribution in [0.3, 0.4) is 0 Å². The summed E-state index contributed by atoms with van der Waals surface area (Å²) in [5.74, 6) is 0.221. The zero-order valence-electron chi connectivity index (χ0n) is 8.26. The van der Waals surface area contributed by atoms with Gasteiger partial charge in [0, 0.05) is 31.8 Å². The molecule has 1 aliphatic carbocycles. The highest BCUT2D eigenvalue weighted by molar-refractivity contribution is 5.94. The van der Waals surface area contributed by atoms with E-state index in [2.05, 4.69) is 5.32 Å². The maximum Gasteiger partial charge on any atom is 0.249 e. The molecule has 0 atom stereocenters. The van der Waals surface area contributed by atoms with Crippen LogP contribution in [0.1, 0.15) is 19.8 Å². The first kappa shape index (κ1) is 8.75. The van der Waals surface area contributed by atoms with E-state index >= 15 is 0 Å². The molecule has 0 aromatic rings. The highest BCUT2D eigenvalue weighted by Crippen LogP contribution is 2.27. The number of likely N-dealkylation sites (N-methyl/N-ethyl adjacent to an activating group) is 1. The van der Waals surface area contributed by atoms with E-state index in [1.165, 1.54) is 18.4 Å². The summed E-state index contributed by atoms with van der Waals surface area (Å²) in [7, 11) is 1.91. The summed E-state index contributed by atoms with van der Waals surface area (Å²) in [6, 6.07) is 0.524. The number of carbonyl (C=O) groups excluding carboxylic acids is 1. The Bertz CT molecular complexity index is 260. The molecule has 0 spiro atoms. The Morgan fingerprint density at radius 3 is 2.46 bits per heavy atom. The summed E-state index contributed by atoms with van der Waals surface area (Å²) in [6.45, 7) is 3.74. The zero-order chi connectivity index (χ0) is 9.42. The second-order valence-corrected chi connectivity index (χ2v) is 3.98. The minimum Gasteiger partial charge on any atom is -0.339 e. The lowest BCUT2D eigenvalue weighted by molar-refractivity contribution is -0.126. The molecule has 2 fully saturated rings. The van der Waals surface area contributed by atoms with E-state index in [-0.39, 0.29) is 5.91 Å². The molecule has 0 bridgehead atoms. The van der Waals surface area contributed by atoms with Crippen molar-refractivity contribution in [2.75, 3.05) is 20.1 Å². The monoisotopic (exact) mass is 180 g/mol. The van der Waals surface area contributed by atoms with Crippen molar-refractivity contribution in [1.29, 1.82) is 0 Å². The van der Waals surface area contributed by atoms with Gasteiger partial charge in [-0.05, 0) is 25.3 Å². The molecule has 1 N–H and O–H groups in total. The average molecular weight is 180 g/mol. The van der Waals surface area contributed by atoms with Crippen molar-refractivity contribution >= 4 is 5.91 Å². The topological polar surface area (TPSA) is 32.3 Å². The van der Waals surface area contributed by atoms with Gasteiger partial charge >= 0.3 is 0 Å². The van der Waals surface area contributed by atoms with E-state index in [0.717, 1.165) is 18.7 Å². The van der Waals surface area contributed by atoms with Crippen molar-refractivity contribution in [2.24, 2.45) is 0 Å². The van der Waals surface area contributed by atoms with E-state index in [9.17, 15) is 4.79 Å². The molecule has 2 aliphatic rings. The smallest absolute Gasteiger partial charge is 0.249 e. The van der Waals surface area contributed by atoms with Crippen LogP contribution in [0.25, 0.3) is 0 Å². The molecule has 72 valence electrons. The van der Waals surface area contributed by atoms with Gasteiger partial charge in [0.25, 0.3) is 0 Å². The molecule has 2 rings (SSSR count). The van der Waals surface area contributed by atoms with Gasteiger partial charge in [-0.3, -0.25) is 4.79 Å². The molecule has 0 aromatic carbocycles. The minimum atomic E-state index is 0.221. The van der Waals surface area contributed by atoms with E-state index in [1.807, 2.05) is 18.9 Å². The van der Waals surface area contributed by atoms with Gasteiger partial charge < -0.3 is 10.2 Å². The molecular formula is C10H16N2O. The predicted molar refractivity (Wildman–Crippen MR) is 51.4 cm³/mol. The predicted octanol–water partition coefficient (Wildman–Crippen LogP) is 0.527. The van der Waals surface area contributed by atoms with Crippen LogP contribution in [0.4, 0.5) is 0 Å². The molecule has 3 nitrogen and oxygen atoms in total. The molecule has 1 heterocycles. The van der Waals surface area contributed by atoms with E-state index < -0.39 is 0 Å². The van der Waals surface area contributed by atoms with E-state index in [1.54, 1.807) is 0 Å². The maximum atomic E-state index is 11.8. The molecule has 13 heavy (non-hydrogen) atoms. The summed E-state index contributed by atoms with van der Waals surface area (Å²) in [6.07, 6.45) is 2.37. The Labute approximate surface area is 78.8 Å². The number of nitrogens with zero attached hydrogens (tertiary/aromatic N) is 1. The Morgan fingerprint density at radius 2 is 2.08 bits per heavy atom. The van der Waals surface area contributed by atoms with Crippen LogP contribution >= 0.6 is 0 Å². The SMILES string of the molecule is CC(C(=O)N(C)C1CC1)=C1CNC1. The van der Waals surface area contributed by atoms with Crippen LogP contribution in [0.2, 0.25) is 0 Å². The zero-order valence-corrected chi connectivity index (χ0v) is 8.26. The van der Waals surface area contributed by atoms with Crippen LogP contribution in [0.5, 0.6) is 0 Å². The normalized spacial score (nSPS) is 20.9. The maximum absolute atomic E-state index is 11.8. The largest absolute Gasteiger partial charge is 0.339 e. The Hall–Kier alpha value is -0.830. The van der Waals surface area contributed by atoms with Crippen LogP contribution in [-0.2, 0) is 4.79 Å². The summed E-state index contributed by atoms with van der Waals surface area (Å²) in [4.78, 5) is 13.7. The van der Waals surface area contributed by atoms with Gasteiger partial charge in [-0.15, -0.1) is 0 Å². The molecule has 0 radical (unpaired) electrons. The van der Waals surface area contributed by atoms with Crippen molar-refractivity contribution in [1.82, 2.24) is 10.2 Å². The average Bonchev–Trinajstić information content (AvgIpc) is 2.80. The van der Waals surface area contributed by atoms with Gasteiger partial charge in [-0.1, -0.05) is 0 Å². The fraction of sp³-hybridized carbons (Fsp3) is 0.700. The van der Waals surface area contributed by atoms with Gasteiger partial charge in [0.1, 0.15) is 0 Å². The highest BCUT2D eigenvalue weighted by atomic mass is 16.2. The summed E-state index contributed by atoms with van der Waals surface area (Å²) in [5.41, 5.74) is 2.23. The molecule has 3 heteroatoms. The van der Waals surface area contributed by atoms with Crippen molar-refractivity contribution < 1.29 is 4.79 Å². The second kappa shape index (κ2) is 3.14. The van der Waals surface area contributed by atoms with Crippen LogP contribution < -0.4 is 5.32 Å². The number of hydrogen-bond acceptors (Lipinski definition) is 2. The molecule has 1 aliphatic heterocycles. The third-order valence-corrected chi connectivity index (χ3v) is 2.94. The van der Waals surface area contributed by atoms with Gasteiger partial charge in [-0.2, -0.15) is 0 Å². The Kier molecular flexibility index (Phi) is 2.12. The first-order valence-corrected chi connectivity index (χ1v) is 4.86. The fourth-order valence-electron chi connectivity index (χ4n) is 1.56. The summed E-state index contributed by atoms with van der Waals surface area (Å²) < 4.78 is 0. The lowest BCUT2D eigenvalue weighted by atomic mass is 10.0. The first-order valence-electron chi connectivity index (χ1n) is 4.86. The van der Waals surface area contributed by atoms with Crippen molar-refractivity contribution in [2.45, 2.75) is 25.8 Å². The van der Waals surface area contributed by atoms with Gasteiger partial charge in [0.2, 0.25) is 5.91 Å². The fourth-order valence-corrected chi connectivity index (χ4v) is 1.56. The van der Waals surface area contributed by atoms with Crippen molar-refractivity contribution in [3.8, 4) is 0 Å².